The van der Waals surface area contributed by atoms with Crippen LogP contribution < -0.4 is 9.64 Å². The van der Waals surface area contributed by atoms with Crippen LogP contribution in [0.4, 0.5) is 6.01 Å². The van der Waals surface area contributed by atoms with Crippen LogP contribution in [-0.2, 0) is 24.2 Å². The molecule has 35 heavy (non-hydrogen) atoms. The molecule has 0 unspecified atom stereocenters. The molecule has 182 valence electrons. The van der Waals surface area contributed by atoms with Crippen molar-refractivity contribution in [3.05, 3.63) is 90.1 Å². The first kappa shape index (κ1) is 23.1. The summed E-state index contributed by atoms with van der Waals surface area (Å²) < 4.78 is 18.7. The van der Waals surface area contributed by atoms with Crippen LogP contribution in [0.1, 0.15) is 16.8 Å². The Bertz CT molecular complexity index is 1200. The molecule has 1 aliphatic heterocycles. The monoisotopic (exact) mass is 473 g/mol. The second-order valence-corrected chi connectivity index (χ2v) is 8.65. The molecule has 4 aromatic rings. The predicted molar refractivity (Wildman–Crippen MR) is 134 cm³/mol. The van der Waals surface area contributed by atoms with Gasteiger partial charge in [-0.25, -0.2) is 4.68 Å². The lowest BCUT2D eigenvalue weighted by Crippen LogP contribution is -2.37. The molecule has 1 aliphatic rings. The topological polar surface area (TPSA) is 68.8 Å². The summed E-state index contributed by atoms with van der Waals surface area (Å²) in [7, 11) is 1.69. The molecule has 1 saturated heterocycles. The van der Waals surface area contributed by atoms with Gasteiger partial charge in [0.15, 0.2) is 0 Å². The Kier molecular flexibility index (Phi) is 7.41. The van der Waals surface area contributed by atoms with E-state index >= 15 is 0 Å². The molecule has 0 bridgehead atoms. The van der Waals surface area contributed by atoms with Gasteiger partial charge in [-0.05, 0) is 41.5 Å². The minimum Gasteiger partial charge on any atom is -0.497 e. The number of hydrogen-bond acceptors (Lipinski definition) is 7. The van der Waals surface area contributed by atoms with E-state index in [0.717, 1.165) is 67.5 Å². The number of methoxy groups -OCH3 is 1. The van der Waals surface area contributed by atoms with E-state index in [2.05, 4.69) is 51.3 Å². The summed E-state index contributed by atoms with van der Waals surface area (Å²) in [6, 6.07) is 19.0. The van der Waals surface area contributed by atoms with Gasteiger partial charge in [0.25, 0.3) is 6.01 Å². The number of ether oxygens (including phenoxy) is 2. The molecule has 8 heteroatoms. The smallest absolute Gasteiger partial charge is 0.298 e. The van der Waals surface area contributed by atoms with Crippen LogP contribution in [0.5, 0.6) is 5.75 Å². The standard InChI is InChI=1S/C27H31N5O3/c1-33-26-8-3-6-23(18-26)20-31(19-22-5-2-7-25(17-22)32-11-4-10-28-32)27-29-24(21-35-27)9-12-30-13-15-34-16-14-30/h2-8,10-11,17-18,21H,9,12-16,19-20H2,1H3. The van der Waals surface area contributed by atoms with Crippen molar-refractivity contribution in [3.63, 3.8) is 0 Å². The average Bonchev–Trinajstić information content (AvgIpc) is 3.61. The Balaban J connectivity index is 1.35. The van der Waals surface area contributed by atoms with E-state index in [-0.39, 0.29) is 0 Å². The average molecular weight is 474 g/mol. The third-order valence-electron chi connectivity index (χ3n) is 6.16. The highest BCUT2D eigenvalue weighted by atomic mass is 16.5. The van der Waals surface area contributed by atoms with Gasteiger partial charge in [0.2, 0.25) is 0 Å². The van der Waals surface area contributed by atoms with Crippen molar-refractivity contribution in [2.24, 2.45) is 0 Å². The summed E-state index contributed by atoms with van der Waals surface area (Å²) in [5.41, 5.74) is 4.26. The molecule has 3 heterocycles. The summed E-state index contributed by atoms with van der Waals surface area (Å²) in [6.45, 7) is 5.80. The van der Waals surface area contributed by atoms with E-state index in [0.29, 0.717) is 19.1 Å². The van der Waals surface area contributed by atoms with Gasteiger partial charge in [0.1, 0.15) is 12.0 Å². The fourth-order valence-corrected chi connectivity index (χ4v) is 4.28. The van der Waals surface area contributed by atoms with Crippen LogP contribution in [0, 0.1) is 0 Å². The molecule has 0 radical (unpaired) electrons. The number of oxazole rings is 1. The molecule has 0 aliphatic carbocycles. The molecule has 0 atom stereocenters. The Hall–Kier alpha value is -3.62. The molecule has 0 saturated carbocycles. The van der Waals surface area contributed by atoms with Crippen LogP contribution in [0.3, 0.4) is 0 Å². The molecule has 8 nitrogen and oxygen atoms in total. The fourth-order valence-electron chi connectivity index (χ4n) is 4.28. The summed E-state index contributed by atoms with van der Waals surface area (Å²) in [6.07, 6.45) is 6.37. The molecular weight excluding hydrogens is 442 g/mol. The normalized spacial score (nSPS) is 14.2. The maximum absolute atomic E-state index is 5.99. The Morgan fingerprint density at radius 2 is 1.80 bits per heavy atom. The van der Waals surface area contributed by atoms with Crippen molar-refractivity contribution >= 4 is 6.01 Å². The highest BCUT2D eigenvalue weighted by molar-refractivity contribution is 5.39. The number of nitrogens with zero attached hydrogens (tertiary/aromatic N) is 5. The number of anilines is 1. The predicted octanol–water partition coefficient (Wildman–Crippen LogP) is 3.95. The second kappa shape index (κ2) is 11.2. The van der Waals surface area contributed by atoms with Crippen LogP contribution in [0.2, 0.25) is 0 Å². The SMILES string of the molecule is COc1cccc(CN(Cc2cccc(-n3cccn3)c2)c2nc(CCN3CCOCC3)co2)c1. The molecule has 2 aromatic heterocycles. The van der Waals surface area contributed by atoms with Crippen molar-refractivity contribution in [2.45, 2.75) is 19.5 Å². The summed E-state index contributed by atoms with van der Waals surface area (Å²) in [4.78, 5) is 9.43. The molecule has 0 spiro atoms. The van der Waals surface area contributed by atoms with Gasteiger partial charge in [-0.15, -0.1) is 0 Å². The minimum atomic E-state index is 0.620. The zero-order valence-electron chi connectivity index (χ0n) is 20.0. The lowest BCUT2D eigenvalue weighted by atomic mass is 10.1. The number of morpholine rings is 1. The van der Waals surface area contributed by atoms with Gasteiger partial charge in [-0.1, -0.05) is 24.3 Å². The Labute approximate surface area is 205 Å². The molecule has 0 amide bonds. The third kappa shape index (κ3) is 6.09. The van der Waals surface area contributed by atoms with E-state index in [4.69, 9.17) is 18.9 Å². The molecule has 2 aromatic carbocycles. The van der Waals surface area contributed by atoms with Crippen molar-refractivity contribution in [3.8, 4) is 11.4 Å². The second-order valence-electron chi connectivity index (χ2n) is 8.65. The van der Waals surface area contributed by atoms with E-state index in [1.54, 1.807) is 19.6 Å². The largest absolute Gasteiger partial charge is 0.497 e. The Morgan fingerprint density at radius 3 is 2.57 bits per heavy atom. The van der Waals surface area contributed by atoms with E-state index in [9.17, 15) is 0 Å². The van der Waals surface area contributed by atoms with Crippen molar-refractivity contribution in [1.29, 1.82) is 0 Å². The number of rotatable bonds is 10. The zero-order valence-corrected chi connectivity index (χ0v) is 20.0. The van der Waals surface area contributed by atoms with Crippen LogP contribution >= 0.6 is 0 Å². The molecule has 5 rings (SSSR count). The zero-order chi connectivity index (χ0) is 23.9. The summed E-state index contributed by atoms with van der Waals surface area (Å²) in [5.74, 6) is 0.835. The van der Waals surface area contributed by atoms with E-state index < -0.39 is 0 Å². The quantitative estimate of drug-likeness (QED) is 0.345. The number of aromatic nitrogens is 3. The van der Waals surface area contributed by atoms with Crippen LogP contribution in [0.15, 0.2) is 77.7 Å². The van der Waals surface area contributed by atoms with Crippen LogP contribution in [-0.4, -0.2) is 59.6 Å². The highest BCUT2D eigenvalue weighted by Crippen LogP contribution is 2.23. The third-order valence-corrected chi connectivity index (χ3v) is 6.16. The first-order chi connectivity index (χ1) is 17.3. The van der Waals surface area contributed by atoms with Crippen molar-refractivity contribution in [1.82, 2.24) is 19.7 Å². The van der Waals surface area contributed by atoms with E-state index in [1.807, 2.05) is 29.1 Å². The maximum Gasteiger partial charge on any atom is 0.298 e. The summed E-state index contributed by atoms with van der Waals surface area (Å²) in [5, 5.41) is 4.36. The first-order valence-electron chi connectivity index (χ1n) is 12.0. The van der Waals surface area contributed by atoms with Gasteiger partial charge in [0, 0.05) is 51.5 Å². The lowest BCUT2D eigenvalue weighted by molar-refractivity contribution is 0.0383. The van der Waals surface area contributed by atoms with Gasteiger partial charge < -0.3 is 18.8 Å². The van der Waals surface area contributed by atoms with Gasteiger partial charge >= 0.3 is 0 Å². The molecule has 0 N–H and O–H groups in total. The molecule has 1 fully saturated rings. The maximum atomic E-state index is 5.99. The van der Waals surface area contributed by atoms with Gasteiger partial charge in [0.05, 0.1) is 31.7 Å². The Morgan fingerprint density at radius 1 is 1.00 bits per heavy atom. The van der Waals surface area contributed by atoms with E-state index in [1.165, 1.54) is 0 Å². The van der Waals surface area contributed by atoms with Gasteiger partial charge in [-0.3, -0.25) is 4.90 Å². The van der Waals surface area contributed by atoms with Crippen LogP contribution in [0.25, 0.3) is 5.69 Å². The first-order valence-corrected chi connectivity index (χ1v) is 12.0. The minimum absolute atomic E-state index is 0.620. The number of hydrogen-bond donors (Lipinski definition) is 0. The van der Waals surface area contributed by atoms with Crippen molar-refractivity contribution in [2.75, 3.05) is 44.9 Å². The lowest BCUT2D eigenvalue weighted by Gasteiger charge is -2.26. The molecular formula is C27H31N5O3. The summed E-state index contributed by atoms with van der Waals surface area (Å²) >= 11 is 0. The highest BCUT2D eigenvalue weighted by Gasteiger charge is 2.17. The van der Waals surface area contributed by atoms with Crippen molar-refractivity contribution < 1.29 is 13.9 Å². The number of benzene rings is 2. The fraction of sp³-hybridized carbons (Fsp3) is 0.333. The van der Waals surface area contributed by atoms with Gasteiger partial charge in [-0.2, -0.15) is 10.1 Å².